The van der Waals surface area contributed by atoms with Gasteiger partial charge in [-0.3, -0.25) is 14.9 Å². The van der Waals surface area contributed by atoms with Gasteiger partial charge in [0.15, 0.2) is 23.9 Å². The third kappa shape index (κ3) is 4.63. The van der Waals surface area contributed by atoms with Crippen molar-refractivity contribution in [3.05, 3.63) is 57.6 Å². The fourth-order valence-electron chi connectivity index (χ4n) is 2.82. The first-order valence-corrected chi connectivity index (χ1v) is 8.92. The number of Topliss-reactive ketones (excluding diaryl/α,β-unsaturated/α-hetero) is 1. The number of ketones is 1. The molecule has 2 aromatic carbocycles. The maximum absolute atomic E-state index is 12.5. The first-order chi connectivity index (χ1) is 13.9. The number of carbonyl (C=O) groups is 2. The monoisotopic (exact) mass is 400 g/mol. The van der Waals surface area contributed by atoms with Crippen LogP contribution in [0.25, 0.3) is 0 Å². The molecule has 1 aliphatic rings. The van der Waals surface area contributed by atoms with E-state index in [0.717, 1.165) is 12.5 Å². The van der Waals surface area contributed by atoms with E-state index in [0.29, 0.717) is 36.0 Å². The SMILES string of the molecule is CN(C)c1ccc([N+](=O)[O-])cc1C(=O)OCC(=O)c1ccc2c(c1)OCCCO2. The highest BCUT2D eigenvalue weighted by Crippen LogP contribution is 2.30. The smallest absolute Gasteiger partial charge is 0.340 e. The second kappa shape index (κ2) is 8.59. The predicted octanol–water partition coefficient (Wildman–Crippen LogP) is 2.86. The molecule has 0 atom stereocenters. The minimum atomic E-state index is -0.819. The van der Waals surface area contributed by atoms with Crippen molar-refractivity contribution in [1.29, 1.82) is 0 Å². The summed E-state index contributed by atoms with van der Waals surface area (Å²) in [6.07, 6.45) is 0.743. The number of ether oxygens (including phenoxy) is 3. The van der Waals surface area contributed by atoms with Gasteiger partial charge in [0.2, 0.25) is 0 Å². The number of nitrogens with zero attached hydrogens (tertiary/aromatic N) is 2. The Morgan fingerprint density at radius 2 is 1.83 bits per heavy atom. The lowest BCUT2D eigenvalue weighted by Crippen LogP contribution is -2.18. The van der Waals surface area contributed by atoms with Crippen LogP contribution in [0.15, 0.2) is 36.4 Å². The summed E-state index contributed by atoms with van der Waals surface area (Å²) in [5, 5.41) is 11.0. The lowest BCUT2D eigenvalue weighted by atomic mass is 10.1. The molecule has 0 fully saturated rings. The number of nitro benzene ring substituents is 1. The van der Waals surface area contributed by atoms with Crippen molar-refractivity contribution in [2.45, 2.75) is 6.42 Å². The highest BCUT2D eigenvalue weighted by molar-refractivity contribution is 6.01. The number of anilines is 1. The van der Waals surface area contributed by atoms with Crippen LogP contribution in [0.1, 0.15) is 27.1 Å². The molecule has 0 bridgehead atoms. The van der Waals surface area contributed by atoms with Crippen LogP contribution in [0.2, 0.25) is 0 Å². The Morgan fingerprint density at radius 3 is 2.52 bits per heavy atom. The van der Waals surface area contributed by atoms with Crippen LogP contribution in [0.3, 0.4) is 0 Å². The van der Waals surface area contributed by atoms with E-state index < -0.39 is 23.3 Å². The standard InChI is InChI=1S/C20H20N2O7/c1-21(2)16-6-5-14(22(25)26)11-15(16)20(24)29-12-17(23)13-4-7-18-19(10-13)28-9-3-8-27-18/h4-7,10-11H,3,8-9,12H2,1-2H3. The molecule has 2 aromatic rings. The number of non-ortho nitro benzene ring substituents is 1. The number of rotatable bonds is 6. The van der Waals surface area contributed by atoms with Crippen molar-refractivity contribution in [3.63, 3.8) is 0 Å². The van der Waals surface area contributed by atoms with Gasteiger partial charge in [-0.2, -0.15) is 0 Å². The van der Waals surface area contributed by atoms with Crippen molar-refractivity contribution >= 4 is 23.1 Å². The van der Waals surface area contributed by atoms with E-state index in [1.807, 2.05) is 0 Å². The molecule has 0 saturated heterocycles. The fraction of sp³-hybridized carbons (Fsp3) is 0.300. The molecule has 0 spiro atoms. The van der Waals surface area contributed by atoms with Gasteiger partial charge in [-0.15, -0.1) is 0 Å². The summed E-state index contributed by atoms with van der Waals surface area (Å²) in [5.74, 6) is -0.220. The maximum Gasteiger partial charge on any atom is 0.340 e. The second-order valence-corrected chi connectivity index (χ2v) is 6.56. The van der Waals surface area contributed by atoms with Crippen LogP contribution in [-0.2, 0) is 4.74 Å². The van der Waals surface area contributed by atoms with E-state index in [-0.39, 0.29) is 11.3 Å². The van der Waals surface area contributed by atoms with Crippen molar-refractivity contribution < 1.29 is 28.7 Å². The Balaban J connectivity index is 1.74. The number of benzene rings is 2. The molecule has 0 aliphatic carbocycles. The Labute approximate surface area is 166 Å². The van der Waals surface area contributed by atoms with E-state index in [1.54, 1.807) is 37.2 Å². The van der Waals surface area contributed by atoms with E-state index in [4.69, 9.17) is 14.2 Å². The number of hydrogen-bond acceptors (Lipinski definition) is 8. The summed E-state index contributed by atoms with van der Waals surface area (Å²) in [6.45, 7) is 0.517. The zero-order valence-electron chi connectivity index (χ0n) is 16.0. The van der Waals surface area contributed by atoms with E-state index in [1.165, 1.54) is 12.1 Å². The van der Waals surface area contributed by atoms with E-state index >= 15 is 0 Å². The number of fused-ring (bicyclic) bond motifs is 1. The van der Waals surface area contributed by atoms with Gasteiger partial charge in [0, 0.05) is 38.2 Å². The molecule has 1 heterocycles. The molecule has 9 heteroatoms. The molecule has 1 aliphatic heterocycles. The molecule has 3 rings (SSSR count). The predicted molar refractivity (Wildman–Crippen MR) is 104 cm³/mol. The minimum absolute atomic E-state index is 0.00987. The van der Waals surface area contributed by atoms with Crippen LogP contribution >= 0.6 is 0 Å². The van der Waals surface area contributed by atoms with Crippen LogP contribution in [-0.4, -0.2) is 50.6 Å². The summed E-state index contributed by atoms with van der Waals surface area (Å²) >= 11 is 0. The molecule has 9 nitrogen and oxygen atoms in total. The summed E-state index contributed by atoms with van der Waals surface area (Å²) in [4.78, 5) is 37.0. The molecule has 0 unspecified atom stereocenters. The average molecular weight is 400 g/mol. The largest absolute Gasteiger partial charge is 0.490 e. The van der Waals surface area contributed by atoms with Crippen LogP contribution in [0.4, 0.5) is 11.4 Å². The first kappa shape index (κ1) is 20.1. The molecule has 29 heavy (non-hydrogen) atoms. The van der Waals surface area contributed by atoms with Gasteiger partial charge >= 0.3 is 5.97 Å². The average Bonchev–Trinajstić information content (AvgIpc) is 2.95. The maximum atomic E-state index is 12.5. The van der Waals surface area contributed by atoms with E-state index in [2.05, 4.69) is 0 Å². The molecule has 0 saturated carbocycles. The molecule has 0 aromatic heterocycles. The van der Waals surface area contributed by atoms with Crippen LogP contribution < -0.4 is 14.4 Å². The summed E-state index contributed by atoms with van der Waals surface area (Å²) < 4.78 is 16.2. The van der Waals surface area contributed by atoms with Crippen molar-refractivity contribution in [1.82, 2.24) is 0 Å². The highest BCUT2D eigenvalue weighted by atomic mass is 16.6. The fourth-order valence-corrected chi connectivity index (χ4v) is 2.82. The molecule has 0 N–H and O–H groups in total. The molecular weight excluding hydrogens is 380 g/mol. The third-order valence-electron chi connectivity index (χ3n) is 4.30. The van der Waals surface area contributed by atoms with Gasteiger partial charge in [0.1, 0.15) is 0 Å². The lowest BCUT2D eigenvalue weighted by Gasteiger charge is -2.16. The van der Waals surface area contributed by atoms with E-state index in [9.17, 15) is 19.7 Å². The van der Waals surface area contributed by atoms with Crippen LogP contribution in [0.5, 0.6) is 11.5 Å². The Kier molecular flexibility index (Phi) is 5.96. The summed E-state index contributed by atoms with van der Waals surface area (Å²) in [5.41, 5.74) is 0.532. The summed E-state index contributed by atoms with van der Waals surface area (Å²) in [7, 11) is 3.39. The van der Waals surface area contributed by atoms with Gasteiger partial charge in [-0.25, -0.2) is 4.79 Å². The normalized spacial score (nSPS) is 12.6. The first-order valence-electron chi connectivity index (χ1n) is 8.92. The number of nitro groups is 1. The quantitative estimate of drug-likeness (QED) is 0.315. The number of hydrogen-bond donors (Lipinski definition) is 0. The Morgan fingerprint density at radius 1 is 1.10 bits per heavy atom. The van der Waals surface area contributed by atoms with Gasteiger partial charge in [0.05, 0.1) is 29.4 Å². The number of esters is 1. The van der Waals surface area contributed by atoms with Gasteiger partial charge in [-0.1, -0.05) is 0 Å². The zero-order valence-corrected chi connectivity index (χ0v) is 16.0. The van der Waals surface area contributed by atoms with Gasteiger partial charge in [0.25, 0.3) is 5.69 Å². The van der Waals surface area contributed by atoms with Crippen LogP contribution in [0, 0.1) is 10.1 Å². The van der Waals surface area contributed by atoms with Gasteiger partial charge in [-0.05, 0) is 24.3 Å². The minimum Gasteiger partial charge on any atom is -0.490 e. The topological polar surface area (TPSA) is 108 Å². The second-order valence-electron chi connectivity index (χ2n) is 6.56. The Bertz CT molecular complexity index is 956. The molecule has 0 amide bonds. The third-order valence-corrected chi connectivity index (χ3v) is 4.30. The van der Waals surface area contributed by atoms with Crippen molar-refractivity contribution in [2.24, 2.45) is 0 Å². The molecular formula is C20H20N2O7. The highest BCUT2D eigenvalue weighted by Gasteiger charge is 2.21. The Hall–Kier alpha value is -3.62. The summed E-state index contributed by atoms with van der Waals surface area (Å²) in [6, 6.07) is 8.66. The lowest BCUT2D eigenvalue weighted by molar-refractivity contribution is -0.384. The van der Waals surface area contributed by atoms with Crippen molar-refractivity contribution in [3.8, 4) is 11.5 Å². The zero-order chi connectivity index (χ0) is 21.0. The van der Waals surface area contributed by atoms with Gasteiger partial charge < -0.3 is 19.1 Å². The molecule has 0 radical (unpaired) electrons. The number of carbonyl (C=O) groups excluding carboxylic acids is 2. The molecule has 152 valence electrons. The van der Waals surface area contributed by atoms with Crippen molar-refractivity contribution in [2.75, 3.05) is 38.8 Å².